The van der Waals surface area contributed by atoms with E-state index in [2.05, 4.69) is 21.0 Å². The van der Waals surface area contributed by atoms with Gasteiger partial charge in [-0.15, -0.1) is 0 Å². The number of aromatic nitrogens is 2. The Hall–Kier alpha value is -0.720. The molecule has 1 aromatic heterocycles. The van der Waals surface area contributed by atoms with E-state index in [0.29, 0.717) is 29.7 Å². The Balaban J connectivity index is 2.32. The van der Waals surface area contributed by atoms with E-state index < -0.39 is 5.54 Å². The monoisotopic (exact) mass is 301 g/mol. The van der Waals surface area contributed by atoms with Gasteiger partial charge in [-0.05, 0) is 28.8 Å². The Bertz CT molecular complexity index is 424. The zero-order chi connectivity index (χ0) is 12.5. The molecule has 0 bridgehead atoms. The number of Topliss-reactive ketones (excluding diaryl/α,β-unsaturated/α-hetero) is 1. The summed E-state index contributed by atoms with van der Waals surface area (Å²) in [5.41, 5.74) is 5.75. The Morgan fingerprint density at radius 2 is 2.53 bits per heavy atom. The zero-order valence-corrected chi connectivity index (χ0v) is 11.4. The third-order valence-corrected chi connectivity index (χ3v) is 3.53. The first-order valence-electron chi connectivity index (χ1n) is 5.71. The highest BCUT2D eigenvalue weighted by atomic mass is 79.9. The Kier molecular flexibility index (Phi) is 3.65. The predicted molar refractivity (Wildman–Crippen MR) is 66.9 cm³/mol. The topological polar surface area (TPSA) is 70.1 Å². The zero-order valence-electron chi connectivity index (χ0n) is 9.78. The van der Waals surface area contributed by atoms with Gasteiger partial charge >= 0.3 is 0 Å². The number of carbonyl (C=O) groups excluding carboxylic acids is 1. The molecule has 17 heavy (non-hydrogen) atoms. The molecule has 1 aromatic rings. The summed E-state index contributed by atoms with van der Waals surface area (Å²) in [5, 5.41) is 4.18. The van der Waals surface area contributed by atoms with Crippen molar-refractivity contribution in [1.82, 2.24) is 9.78 Å². The van der Waals surface area contributed by atoms with Crippen LogP contribution in [0, 0.1) is 0 Å². The molecular weight excluding hydrogens is 286 g/mol. The smallest absolute Gasteiger partial charge is 0.204 e. The van der Waals surface area contributed by atoms with E-state index in [1.165, 1.54) is 0 Å². The first kappa shape index (κ1) is 12.7. The highest BCUT2D eigenvalue weighted by Gasteiger charge is 2.41. The number of carbonyl (C=O) groups is 1. The van der Waals surface area contributed by atoms with Crippen molar-refractivity contribution < 1.29 is 9.53 Å². The van der Waals surface area contributed by atoms with E-state index in [1.807, 2.05) is 6.92 Å². The van der Waals surface area contributed by atoms with Crippen LogP contribution in [-0.4, -0.2) is 34.3 Å². The molecule has 1 aliphatic heterocycles. The van der Waals surface area contributed by atoms with Crippen molar-refractivity contribution in [3.63, 3.8) is 0 Å². The molecule has 0 aromatic carbocycles. The van der Waals surface area contributed by atoms with Crippen LogP contribution < -0.4 is 5.73 Å². The van der Waals surface area contributed by atoms with Gasteiger partial charge in [0.25, 0.3) is 0 Å². The predicted octanol–water partition coefficient (Wildman–Crippen LogP) is 1.36. The molecule has 6 heteroatoms. The van der Waals surface area contributed by atoms with E-state index in [4.69, 9.17) is 10.5 Å². The summed E-state index contributed by atoms with van der Waals surface area (Å²) in [5.74, 6) is -0.0900. The SMILES string of the molecule is CCCn1ncc(Br)c1C(=O)C1(N)CCOC1. The van der Waals surface area contributed by atoms with E-state index >= 15 is 0 Å². The third kappa shape index (κ3) is 2.29. The van der Waals surface area contributed by atoms with E-state index in [0.717, 1.165) is 6.42 Å². The molecule has 1 atom stereocenters. The van der Waals surface area contributed by atoms with Crippen molar-refractivity contribution in [2.75, 3.05) is 13.2 Å². The van der Waals surface area contributed by atoms with Gasteiger partial charge in [0.1, 0.15) is 11.2 Å². The minimum atomic E-state index is -0.895. The largest absolute Gasteiger partial charge is 0.379 e. The maximum Gasteiger partial charge on any atom is 0.204 e. The summed E-state index contributed by atoms with van der Waals surface area (Å²) in [6.45, 7) is 3.59. The second-order valence-electron chi connectivity index (χ2n) is 4.35. The average Bonchev–Trinajstić information content (AvgIpc) is 2.87. The first-order valence-corrected chi connectivity index (χ1v) is 6.50. The van der Waals surface area contributed by atoms with Crippen LogP contribution in [0.3, 0.4) is 0 Å². The summed E-state index contributed by atoms with van der Waals surface area (Å²) < 4.78 is 7.64. The van der Waals surface area contributed by atoms with Gasteiger partial charge in [0.2, 0.25) is 5.78 Å². The van der Waals surface area contributed by atoms with Crippen LogP contribution >= 0.6 is 15.9 Å². The molecule has 0 spiro atoms. The van der Waals surface area contributed by atoms with Crippen LogP contribution in [0.4, 0.5) is 0 Å². The van der Waals surface area contributed by atoms with E-state index in [1.54, 1.807) is 10.9 Å². The fourth-order valence-corrected chi connectivity index (χ4v) is 2.44. The molecule has 2 rings (SSSR count). The lowest BCUT2D eigenvalue weighted by molar-refractivity contribution is 0.0850. The number of hydrogen-bond donors (Lipinski definition) is 1. The van der Waals surface area contributed by atoms with Gasteiger partial charge in [-0.25, -0.2) is 0 Å². The molecule has 1 saturated heterocycles. The van der Waals surface area contributed by atoms with Gasteiger partial charge in [-0.3, -0.25) is 9.48 Å². The quantitative estimate of drug-likeness (QED) is 0.853. The van der Waals surface area contributed by atoms with Crippen LogP contribution in [0.25, 0.3) is 0 Å². The van der Waals surface area contributed by atoms with Gasteiger partial charge in [-0.2, -0.15) is 5.10 Å². The van der Waals surface area contributed by atoms with Crippen molar-refractivity contribution in [2.24, 2.45) is 5.73 Å². The number of rotatable bonds is 4. The number of nitrogens with two attached hydrogens (primary N) is 1. The molecule has 94 valence electrons. The van der Waals surface area contributed by atoms with Gasteiger partial charge in [0.15, 0.2) is 0 Å². The van der Waals surface area contributed by atoms with Gasteiger partial charge < -0.3 is 10.5 Å². The number of hydrogen-bond acceptors (Lipinski definition) is 4. The number of nitrogens with zero attached hydrogens (tertiary/aromatic N) is 2. The number of halogens is 1. The van der Waals surface area contributed by atoms with Crippen LogP contribution in [0.5, 0.6) is 0 Å². The third-order valence-electron chi connectivity index (χ3n) is 2.95. The minimum Gasteiger partial charge on any atom is -0.379 e. The average molecular weight is 302 g/mol. The van der Waals surface area contributed by atoms with Crippen LogP contribution in [-0.2, 0) is 11.3 Å². The number of ketones is 1. The summed E-state index contributed by atoms with van der Waals surface area (Å²) in [6, 6.07) is 0. The summed E-state index contributed by atoms with van der Waals surface area (Å²) in [4.78, 5) is 12.5. The molecule has 1 fully saturated rings. The molecule has 2 heterocycles. The standard InChI is InChI=1S/C11H16BrN3O2/c1-2-4-15-9(8(12)6-14-15)10(16)11(13)3-5-17-7-11/h6H,2-5,7,13H2,1H3. The van der Waals surface area contributed by atoms with Gasteiger partial charge in [-0.1, -0.05) is 6.92 Å². The second-order valence-corrected chi connectivity index (χ2v) is 5.21. The summed E-state index contributed by atoms with van der Waals surface area (Å²) in [6.07, 6.45) is 3.13. The molecule has 2 N–H and O–H groups in total. The van der Waals surface area contributed by atoms with E-state index in [9.17, 15) is 4.79 Å². The van der Waals surface area contributed by atoms with Crippen molar-refractivity contribution in [3.05, 3.63) is 16.4 Å². The normalized spacial score (nSPS) is 24.2. The number of aryl methyl sites for hydroxylation is 1. The van der Waals surface area contributed by atoms with Crippen LogP contribution in [0.15, 0.2) is 10.7 Å². The molecule has 5 nitrogen and oxygen atoms in total. The second kappa shape index (κ2) is 4.88. The highest BCUT2D eigenvalue weighted by molar-refractivity contribution is 9.10. The van der Waals surface area contributed by atoms with Crippen molar-refractivity contribution in [2.45, 2.75) is 31.8 Å². The minimum absolute atomic E-state index is 0.0900. The lowest BCUT2D eigenvalue weighted by Gasteiger charge is -2.20. The molecule has 0 saturated carbocycles. The van der Waals surface area contributed by atoms with Crippen molar-refractivity contribution in [1.29, 1.82) is 0 Å². The van der Waals surface area contributed by atoms with Gasteiger partial charge in [0.05, 0.1) is 17.3 Å². The van der Waals surface area contributed by atoms with E-state index in [-0.39, 0.29) is 12.4 Å². The fourth-order valence-electron chi connectivity index (χ4n) is 1.97. The Labute approximate surface area is 108 Å². The number of ether oxygens (including phenoxy) is 1. The molecule has 0 aliphatic carbocycles. The molecule has 0 amide bonds. The maximum atomic E-state index is 12.5. The molecular formula is C11H16BrN3O2. The van der Waals surface area contributed by atoms with Crippen molar-refractivity contribution in [3.8, 4) is 0 Å². The Morgan fingerprint density at radius 3 is 3.12 bits per heavy atom. The fraction of sp³-hybridized carbons (Fsp3) is 0.636. The van der Waals surface area contributed by atoms with Crippen LogP contribution in [0.2, 0.25) is 0 Å². The van der Waals surface area contributed by atoms with Crippen LogP contribution in [0.1, 0.15) is 30.3 Å². The lowest BCUT2D eigenvalue weighted by Crippen LogP contribution is -2.49. The molecule has 1 aliphatic rings. The summed E-state index contributed by atoms with van der Waals surface area (Å²) >= 11 is 3.36. The van der Waals surface area contributed by atoms with Crippen molar-refractivity contribution >= 4 is 21.7 Å². The Morgan fingerprint density at radius 1 is 1.76 bits per heavy atom. The molecule has 0 radical (unpaired) electrons. The summed E-state index contributed by atoms with van der Waals surface area (Å²) in [7, 11) is 0. The van der Waals surface area contributed by atoms with Gasteiger partial charge in [0, 0.05) is 13.2 Å². The lowest BCUT2D eigenvalue weighted by atomic mass is 9.92. The maximum absolute atomic E-state index is 12.5. The molecule has 1 unspecified atom stereocenters. The highest BCUT2D eigenvalue weighted by Crippen LogP contribution is 2.25. The first-order chi connectivity index (χ1) is 8.08.